The zero-order chi connectivity index (χ0) is 17.2. The Morgan fingerprint density at radius 2 is 2.04 bits per heavy atom. The minimum atomic E-state index is -0.291. The quantitative estimate of drug-likeness (QED) is 0.858. The number of nitrogens with one attached hydrogen (secondary N) is 1. The van der Waals surface area contributed by atoms with E-state index in [-0.39, 0.29) is 17.6 Å². The van der Waals surface area contributed by atoms with E-state index in [1.165, 1.54) is 18.6 Å². The lowest BCUT2D eigenvalue weighted by Gasteiger charge is -2.14. The molecule has 4 heteroatoms. The molecule has 1 N–H and O–H groups in total. The summed E-state index contributed by atoms with van der Waals surface area (Å²) in [7, 11) is 0. The van der Waals surface area contributed by atoms with Gasteiger partial charge in [-0.2, -0.15) is 0 Å². The van der Waals surface area contributed by atoms with E-state index in [1.807, 2.05) is 12.1 Å². The Labute approximate surface area is 146 Å². The second kappa shape index (κ2) is 6.68. The number of rotatable bonds is 2. The molecule has 2 fully saturated rings. The largest absolute Gasteiger partial charge is 0.353 e. The van der Waals surface area contributed by atoms with E-state index in [2.05, 4.69) is 22.1 Å². The first-order valence-corrected chi connectivity index (χ1v) is 8.72. The second-order valence-electron chi connectivity index (χ2n) is 6.82. The zero-order valence-corrected chi connectivity index (χ0v) is 13.8. The van der Waals surface area contributed by atoms with Crippen LogP contribution in [0.15, 0.2) is 42.6 Å². The predicted molar refractivity (Wildman–Crippen MR) is 93.1 cm³/mol. The average Bonchev–Trinajstić information content (AvgIpc) is 3.17. The van der Waals surface area contributed by atoms with Crippen LogP contribution < -0.4 is 5.32 Å². The summed E-state index contributed by atoms with van der Waals surface area (Å²) in [5.41, 5.74) is 2.34. The Hall–Kier alpha value is -2.67. The minimum absolute atomic E-state index is 0.0456. The van der Waals surface area contributed by atoms with Crippen molar-refractivity contribution in [3.8, 4) is 11.8 Å². The molecule has 1 amide bonds. The SMILES string of the molecule is O=C1N[C@@H]2CCC[C@@H]2[C@@H]1Cc1ccc(C#Cc2cccc(F)c2)cn1. The van der Waals surface area contributed by atoms with E-state index in [0.717, 1.165) is 24.1 Å². The van der Waals surface area contributed by atoms with Crippen LogP contribution in [0.5, 0.6) is 0 Å². The van der Waals surface area contributed by atoms with Crippen LogP contribution in [0.4, 0.5) is 4.39 Å². The molecule has 0 unspecified atom stereocenters. The lowest BCUT2D eigenvalue weighted by molar-refractivity contribution is -0.123. The van der Waals surface area contributed by atoms with Crippen LogP contribution in [0.3, 0.4) is 0 Å². The van der Waals surface area contributed by atoms with Crippen LogP contribution in [0.25, 0.3) is 0 Å². The minimum Gasteiger partial charge on any atom is -0.353 e. The highest BCUT2D eigenvalue weighted by Crippen LogP contribution is 2.38. The molecule has 2 aliphatic rings. The van der Waals surface area contributed by atoms with Gasteiger partial charge in [-0.1, -0.05) is 24.3 Å². The third kappa shape index (κ3) is 3.41. The third-order valence-corrected chi connectivity index (χ3v) is 5.18. The number of carbonyl (C=O) groups is 1. The van der Waals surface area contributed by atoms with Crippen LogP contribution >= 0.6 is 0 Å². The average molecular weight is 334 g/mol. The molecule has 3 nitrogen and oxygen atoms in total. The molecule has 4 rings (SSSR count). The molecule has 0 spiro atoms. The van der Waals surface area contributed by atoms with Crippen molar-refractivity contribution in [2.45, 2.75) is 31.7 Å². The molecular weight excluding hydrogens is 315 g/mol. The van der Waals surface area contributed by atoms with Gasteiger partial charge in [0.15, 0.2) is 0 Å². The Bertz CT molecular complexity index is 850. The topological polar surface area (TPSA) is 42.0 Å². The molecule has 1 aromatic carbocycles. The van der Waals surface area contributed by atoms with E-state index < -0.39 is 0 Å². The van der Waals surface area contributed by atoms with Gasteiger partial charge < -0.3 is 5.32 Å². The molecule has 3 atom stereocenters. The van der Waals surface area contributed by atoms with Crippen molar-refractivity contribution in [1.29, 1.82) is 0 Å². The number of benzene rings is 1. The number of hydrogen-bond donors (Lipinski definition) is 1. The monoisotopic (exact) mass is 334 g/mol. The third-order valence-electron chi connectivity index (χ3n) is 5.18. The Balaban J connectivity index is 1.45. The smallest absolute Gasteiger partial charge is 0.224 e. The maximum Gasteiger partial charge on any atom is 0.224 e. The molecule has 1 aliphatic carbocycles. The number of pyridine rings is 1. The van der Waals surface area contributed by atoms with E-state index in [9.17, 15) is 9.18 Å². The lowest BCUT2D eigenvalue weighted by Crippen LogP contribution is -2.26. The number of aromatic nitrogens is 1. The highest BCUT2D eigenvalue weighted by molar-refractivity contribution is 5.82. The van der Waals surface area contributed by atoms with Crippen molar-refractivity contribution in [1.82, 2.24) is 10.3 Å². The van der Waals surface area contributed by atoms with Crippen LogP contribution in [0, 0.1) is 29.5 Å². The van der Waals surface area contributed by atoms with Gasteiger partial charge in [0.2, 0.25) is 5.91 Å². The van der Waals surface area contributed by atoms with Crippen LogP contribution in [0.1, 0.15) is 36.1 Å². The Morgan fingerprint density at radius 1 is 1.16 bits per heavy atom. The van der Waals surface area contributed by atoms with Gasteiger partial charge in [-0.05, 0) is 49.1 Å². The van der Waals surface area contributed by atoms with Gasteiger partial charge in [0.05, 0.1) is 0 Å². The highest BCUT2D eigenvalue weighted by atomic mass is 19.1. The Kier molecular flexibility index (Phi) is 4.23. The van der Waals surface area contributed by atoms with Crippen LogP contribution in [0.2, 0.25) is 0 Å². The molecule has 25 heavy (non-hydrogen) atoms. The fraction of sp³-hybridized carbons (Fsp3) is 0.333. The van der Waals surface area contributed by atoms with Crippen molar-refractivity contribution >= 4 is 5.91 Å². The normalized spacial score (nSPS) is 24.4. The molecule has 1 saturated heterocycles. The molecule has 2 heterocycles. The number of amides is 1. The van der Waals surface area contributed by atoms with Gasteiger partial charge in [-0.15, -0.1) is 0 Å². The summed E-state index contributed by atoms with van der Waals surface area (Å²) in [6.07, 6.45) is 5.85. The van der Waals surface area contributed by atoms with Gasteiger partial charge in [-0.3, -0.25) is 9.78 Å². The Morgan fingerprint density at radius 3 is 2.84 bits per heavy atom. The molecular formula is C21H19FN2O. The predicted octanol–water partition coefficient (Wildman–Crippen LogP) is 3.08. The summed E-state index contributed by atoms with van der Waals surface area (Å²) in [5, 5.41) is 3.12. The van der Waals surface area contributed by atoms with Gasteiger partial charge in [0, 0.05) is 41.4 Å². The first-order valence-electron chi connectivity index (χ1n) is 8.72. The molecule has 1 saturated carbocycles. The van der Waals surface area contributed by atoms with Gasteiger partial charge in [0.25, 0.3) is 0 Å². The van der Waals surface area contributed by atoms with Gasteiger partial charge in [0.1, 0.15) is 5.82 Å². The lowest BCUT2D eigenvalue weighted by atomic mass is 9.88. The van der Waals surface area contributed by atoms with Crippen LogP contribution in [-0.2, 0) is 11.2 Å². The van der Waals surface area contributed by atoms with Crippen molar-refractivity contribution in [2.75, 3.05) is 0 Å². The number of hydrogen-bond acceptors (Lipinski definition) is 2. The zero-order valence-electron chi connectivity index (χ0n) is 13.8. The summed E-state index contributed by atoms with van der Waals surface area (Å²) in [5.74, 6) is 6.32. The number of carbonyl (C=O) groups excluding carboxylic acids is 1. The summed E-state index contributed by atoms with van der Waals surface area (Å²) in [4.78, 5) is 16.6. The summed E-state index contributed by atoms with van der Waals surface area (Å²) >= 11 is 0. The first-order chi connectivity index (χ1) is 12.2. The van der Waals surface area contributed by atoms with Crippen molar-refractivity contribution in [2.24, 2.45) is 11.8 Å². The second-order valence-corrected chi connectivity index (χ2v) is 6.82. The number of nitrogens with zero attached hydrogens (tertiary/aromatic N) is 1. The van der Waals surface area contributed by atoms with Crippen molar-refractivity contribution in [3.63, 3.8) is 0 Å². The maximum atomic E-state index is 13.2. The van der Waals surface area contributed by atoms with E-state index >= 15 is 0 Å². The summed E-state index contributed by atoms with van der Waals surface area (Å²) in [6, 6.07) is 10.4. The van der Waals surface area contributed by atoms with Gasteiger partial charge in [-0.25, -0.2) is 4.39 Å². The number of fused-ring (bicyclic) bond motifs is 1. The standard InChI is InChI=1S/C21H19FN2O/c22-16-4-1-3-14(11-16)7-8-15-9-10-17(23-13-15)12-19-18-5-2-6-20(18)24-21(19)25/h1,3-4,9-11,13,18-20H,2,5-6,12H2,(H,24,25)/t18-,19+,20-/m1/s1. The van der Waals surface area contributed by atoms with Crippen molar-refractivity contribution in [3.05, 3.63) is 65.2 Å². The van der Waals surface area contributed by atoms with Crippen LogP contribution in [-0.4, -0.2) is 16.9 Å². The number of halogens is 1. The van der Waals surface area contributed by atoms with E-state index in [4.69, 9.17) is 0 Å². The maximum absolute atomic E-state index is 13.2. The van der Waals surface area contributed by atoms with E-state index in [1.54, 1.807) is 18.3 Å². The highest BCUT2D eigenvalue weighted by Gasteiger charge is 2.44. The fourth-order valence-corrected chi connectivity index (χ4v) is 3.93. The molecule has 0 radical (unpaired) electrons. The molecule has 1 aromatic heterocycles. The van der Waals surface area contributed by atoms with Crippen molar-refractivity contribution < 1.29 is 9.18 Å². The summed E-state index contributed by atoms with van der Waals surface area (Å²) < 4.78 is 13.2. The first kappa shape index (κ1) is 15.8. The molecule has 0 bridgehead atoms. The molecule has 2 aromatic rings. The molecule has 126 valence electrons. The molecule has 1 aliphatic heterocycles. The fourth-order valence-electron chi connectivity index (χ4n) is 3.93. The van der Waals surface area contributed by atoms with Gasteiger partial charge >= 0.3 is 0 Å². The summed E-state index contributed by atoms with van der Waals surface area (Å²) in [6.45, 7) is 0. The van der Waals surface area contributed by atoms with E-state index in [0.29, 0.717) is 23.9 Å².